The number of rotatable bonds is 6. The number of nitrogens with zero attached hydrogens (tertiary/aromatic N) is 2. The summed E-state index contributed by atoms with van der Waals surface area (Å²) in [5, 5.41) is 6.94. The summed E-state index contributed by atoms with van der Waals surface area (Å²) in [6.07, 6.45) is 6.18. The maximum absolute atomic E-state index is 5.62. The van der Waals surface area contributed by atoms with Crippen LogP contribution >= 0.6 is 39.9 Å². The highest BCUT2D eigenvalue weighted by Crippen LogP contribution is 2.34. The zero-order valence-corrected chi connectivity index (χ0v) is 19.6. The quantitative estimate of drug-likeness (QED) is 0.329. The van der Waals surface area contributed by atoms with Crippen molar-refractivity contribution in [3.05, 3.63) is 58.8 Å². The number of aromatic nitrogens is 1. The molecule has 0 radical (unpaired) electrons. The van der Waals surface area contributed by atoms with Gasteiger partial charge in [0.2, 0.25) is 0 Å². The number of nitrogens with one attached hydrogen (secondary N) is 2. The van der Waals surface area contributed by atoms with Gasteiger partial charge in [0, 0.05) is 62.2 Å². The van der Waals surface area contributed by atoms with Crippen molar-refractivity contribution in [1.82, 2.24) is 15.2 Å². The van der Waals surface area contributed by atoms with E-state index in [9.17, 15) is 0 Å². The number of benzene rings is 1. The van der Waals surface area contributed by atoms with Gasteiger partial charge in [-0.05, 0) is 42.7 Å². The zero-order chi connectivity index (χ0) is 18.2. The molecule has 1 fully saturated rings. The number of guanidine groups is 1. The van der Waals surface area contributed by atoms with Crippen LogP contribution in [0.3, 0.4) is 0 Å². The molecule has 0 spiro atoms. The summed E-state index contributed by atoms with van der Waals surface area (Å²) < 4.78 is 8.89. The van der Waals surface area contributed by atoms with Crippen LogP contribution in [0.4, 0.5) is 0 Å². The summed E-state index contributed by atoms with van der Waals surface area (Å²) in [6.45, 7) is 4.21. The molecule has 1 aliphatic rings. The van der Waals surface area contributed by atoms with E-state index < -0.39 is 0 Å². The van der Waals surface area contributed by atoms with E-state index in [4.69, 9.17) is 4.74 Å². The van der Waals surface area contributed by atoms with Gasteiger partial charge >= 0.3 is 0 Å². The van der Waals surface area contributed by atoms with E-state index in [2.05, 4.69) is 72.8 Å². The Morgan fingerprint density at radius 3 is 2.44 bits per heavy atom. The van der Waals surface area contributed by atoms with Gasteiger partial charge in [-0.2, -0.15) is 0 Å². The molecule has 7 heteroatoms. The summed E-state index contributed by atoms with van der Waals surface area (Å²) >= 11 is 3.53. The van der Waals surface area contributed by atoms with E-state index in [-0.39, 0.29) is 29.4 Å². The van der Waals surface area contributed by atoms with Crippen LogP contribution in [0.25, 0.3) is 0 Å². The average molecular weight is 547 g/mol. The van der Waals surface area contributed by atoms with Crippen molar-refractivity contribution in [3.8, 4) is 0 Å². The number of hydrogen-bond acceptors (Lipinski definition) is 2. The Balaban J connectivity index is 0.00000261. The van der Waals surface area contributed by atoms with Crippen LogP contribution in [-0.4, -0.2) is 43.9 Å². The van der Waals surface area contributed by atoms with Crippen LogP contribution in [0.1, 0.15) is 18.4 Å². The van der Waals surface area contributed by atoms with Gasteiger partial charge in [-0.1, -0.05) is 28.1 Å². The highest BCUT2D eigenvalue weighted by Gasteiger charge is 2.34. The van der Waals surface area contributed by atoms with Gasteiger partial charge in [0.05, 0.1) is 0 Å². The lowest BCUT2D eigenvalue weighted by atomic mass is 9.74. The molecule has 5 nitrogen and oxygen atoms in total. The first-order valence-corrected chi connectivity index (χ1v) is 9.90. The first-order valence-electron chi connectivity index (χ1n) is 9.11. The molecule has 2 heterocycles. The number of aliphatic imine (C=N–C) groups is 1. The van der Waals surface area contributed by atoms with Crippen LogP contribution in [-0.2, 0) is 16.7 Å². The molecule has 148 valence electrons. The molecule has 2 N–H and O–H groups in total. The minimum absolute atomic E-state index is 0. The van der Waals surface area contributed by atoms with E-state index in [1.54, 1.807) is 0 Å². The average Bonchev–Trinajstić information content (AvgIpc) is 3.19. The molecule has 0 amide bonds. The molecule has 27 heavy (non-hydrogen) atoms. The SMILES string of the molecule is CN=C(NCCn1cccc1)NCC1(c2ccc(Br)cc2)CCOCC1.I. The van der Waals surface area contributed by atoms with Crippen molar-refractivity contribution in [2.75, 3.05) is 33.4 Å². The summed E-state index contributed by atoms with van der Waals surface area (Å²) in [6, 6.07) is 12.8. The van der Waals surface area contributed by atoms with Crippen LogP contribution in [0.5, 0.6) is 0 Å². The molecule has 1 aliphatic heterocycles. The van der Waals surface area contributed by atoms with Crippen molar-refractivity contribution in [1.29, 1.82) is 0 Å². The lowest BCUT2D eigenvalue weighted by Gasteiger charge is -2.38. The monoisotopic (exact) mass is 546 g/mol. The summed E-state index contributed by atoms with van der Waals surface area (Å²) in [4.78, 5) is 4.38. The van der Waals surface area contributed by atoms with E-state index in [1.165, 1.54) is 5.56 Å². The molecule has 0 aliphatic carbocycles. The third kappa shape index (κ3) is 6.22. The summed E-state index contributed by atoms with van der Waals surface area (Å²) in [7, 11) is 1.82. The Labute approximate surface area is 187 Å². The Bertz CT molecular complexity index is 697. The van der Waals surface area contributed by atoms with Crippen molar-refractivity contribution in [2.45, 2.75) is 24.8 Å². The van der Waals surface area contributed by atoms with Gasteiger partial charge in [0.15, 0.2) is 5.96 Å². The Kier molecular flexibility index (Phi) is 9.11. The molecule has 2 aromatic rings. The molecule has 3 rings (SSSR count). The predicted molar refractivity (Wildman–Crippen MR) is 125 cm³/mol. The molecule has 1 aromatic carbocycles. The van der Waals surface area contributed by atoms with Gasteiger partial charge in [-0.25, -0.2) is 0 Å². The summed E-state index contributed by atoms with van der Waals surface area (Å²) in [5.74, 6) is 0.847. The zero-order valence-electron chi connectivity index (χ0n) is 15.7. The first kappa shape index (κ1) is 22.2. The van der Waals surface area contributed by atoms with Crippen LogP contribution < -0.4 is 10.6 Å². The number of ether oxygens (including phenoxy) is 1. The number of halogens is 2. The third-order valence-electron chi connectivity index (χ3n) is 5.05. The van der Waals surface area contributed by atoms with Crippen LogP contribution in [0, 0.1) is 0 Å². The predicted octanol–water partition coefficient (Wildman–Crippen LogP) is 3.78. The molecule has 0 unspecified atom stereocenters. The van der Waals surface area contributed by atoms with E-state index in [1.807, 2.05) is 19.2 Å². The van der Waals surface area contributed by atoms with Gasteiger partial charge in [-0.15, -0.1) is 24.0 Å². The fourth-order valence-electron chi connectivity index (χ4n) is 3.43. The normalized spacial score (nSPS) is 16.4. The fourth-order valence-corrected chi connectivity index (χ4v) is 3.69. The largest absolute Gasteiger partial charge is 0.381 e. The van der Waals surface area contributed by atoms with E-state index in [0.29, 0.717) is 0 Å². The maximum atomic E-state index is 5.62. The van der Waals surface area contributed by atoms with Gasteiger partial charge in [0.1, 0.15) is 0 Å². The second kappa shape index (κ2) is 11.1. The Morgan fingerprint density at radius 1 is 1.15 bits per heavy atom. The minimum Gasteiger partial charge on any atom is -0.381 e. The third-order valence-corrected chi connectivity index (χ3v) is 5.58. The second-order valence-corrected chi connectivity index (χ2v) is 7.59. The Hall–Kier alpha value is -1.06. The van der Waals surface area contributed by atoms with E-state index >= 15 is 0 Å². The first-order chi connectivity index (χ1) is 12.7. The maximum Gasteiger partial charge on any atom is 0.191 e. The van der Waals surface area contributed by atoms with Crippen molar-refractivity contribution in [2.24, 2.45) is 4.99 Å². The molecule has 0 saturated carbocycles. The standard InChI is InChI=1S/C20H27BrN4O.HI/c1-22-19(23-10-13-25-11-2-3-12-25)24-16-20(8-14-26-15-9-20)17-4-6-18(21)7-5-17;/h2-7,11-12H,8-10,13-16H2,1H3,(H2,22,23,24);1H. The second-order valence-electron chi connectivity index (χ2n) is 6.67. The molecular formula is C20H28BrIN4O. The van der Waals surface area contributed by atoms with E-state index in [0.717, 1.165) is 56.1 Å². The summed E-state index contributed by atoms with van der Waals surface area (Å²) in [5.41, 5.74) is 1.44. The van der Waals surface area contributed by atoms with Crippen LogP contribution in [0.15, 0.2) is 58.3 Å². The molecule has 1 saturated heterocycles. The van der Waals surface area contributed by atoms with Gasteiger partial charge < -0.3 is 19.9 Å². The van der Waals surface area contributed by atoms with Crippen molar-refractivity contribution >= 4 is 45.9 Å². The highest BCUT2D eigenvalue weighted by atomic mass is 127. The molecule has 0 atom stereocenters. The minimum atomic E-state index is 0. The van der Waals surface area contributed by atoms with Crippen molar-refractivity contribution in [3.63, 3.8) is 0 Å². The molecule has 0 bridgehead atoms. The lowest BCUT2D eigenvalue weighted by Crippen LogP contribution is -2.48. The van der Waals surface area contributed by atoms with Crippen molar-refractivity contribution < 1.29 is 4.74 Å². The smallest absolute Gasteiger partial charge is 0.191 e. The topological polar surface area (TPSA) is 50.6 Å². The Morgan fingerprint density at radius 2 is 1.81 bits per heavy atom. The van der Waals surface area contributed by atoms with Gasteiger partial charge in [-0.3, -0.25) is 4.99 Å². The van der Waals surface area contributed by atoms with Crippen LogP contribution in [0.2, 0.25) is 0 Å². The lowest BCUT2D eigenvalue weighted by molar-refractivity contribution is 0.0514. The van der Waals surface area contributed by atoms with Gasteiger partial charge in [0.25, 0.3) is 0 Å². The molecular weight excluding hydrogens is 519 g/mol. The number of hydrogen-bond donors (Lipinski definition) is 2. The fraction of sp³-hybridized carbons (Fsp3) is 0.450. The highest BCUT2D eigenvalue weighted by molar-refractivity contribution is 14.0. The molecule has 1 aromatic heterocycles.